The first kappa shape index (κ1) is 15.8. The molecule has 2 atom stereocenters. The van der Waals surface area contributed by atoms with E-state index in [2.05, 4.69) is 17.1 Å². The highest BCUT2D eigenvalue weighted by Gasteiger charge is 2.25. The van der Waals surface area contributed by atoms with Crippen LogP contribution >= 0.6 is 0 Å². The minimum absolute atomic E-state index is 0.136. The zero-order valence-corrected chi connectivity index (χ0v) is 12.8. The number of carbonyl (C=O) groups is 1. The summed E-state index contributed by atoms with van der Waals surface area (Å²) in [4.78, 5) is 14.2. The van der Waals surface area contributed by atoms with Gasteiger partial charge in [0.05, 0.1) is 12.6 Å². The molecule has 0 bridgehead atoms. The molecule has 1 aliphatic heterocycles. The van der Waals surface area contributed by atoms with Gasteiger partial charge in [-0.15, -0.1) is 0 Å². The number of piperidine rings is 1. The molecule has 2 unspecified atom stereocenters. The van der Waals surface area contributed by atoms with Gasteiger partial charge in [0, 0.05) is 12.6 Å². The molecule has 4 nitrogen and oxygen atoms in total. The zero-order chi connectivity index (χ0) is 14.4. The largest absolute Gasteiger partial charge is 0.392 e. The van der Waals surface area contributed by atoms with Crippen LogP contribution < -0.4 is 5.32 Å². The SMILES string of the molecule is CC1CCN(CC(=O)NC2CCCCCCC2)CC1O. The van der Waals surface area contributed by atoms with Crippen molar-refractivity contribution >= 4 is 5.91 Å². The van der Waals surface area contributed by atoms with Gasteiger partial charge >= 0.3 is 0 Å². The number of hydrogen-bond acceptors (Lipinski definition) is 3. The van der Waals surface area contributed by atoms with E-state index in [0.717, 1.165) is 25.8 Å². The average Bonchev–Trinajstić information content (AvgIpc) is 2.37. The second kappa shape index (κ2) is 7.99. The second-order valence-electron chi connectivity index (χ2n) is 6.68. The third-order valence-corrected chi connectivity index (χ3v) is 4.84. The fourth-order valence-corrected chi connectivity index (χ4v) is 3.33. The summed E-state index contributed by atoms with van der Waals surface area (Å²) < 4.78 is 0. The quantitative estimate of drug-likeness (QED) is 0.831. The molecular formula is C16H30N2O2. The van der Waals surface area contributed by atoms with E-state index < -0.39 is 0 Å². The maximum atomic E-state index is 12.1. The molecule has 1 heterocycles. The summed E-state index contributed by atoms with van der Waals surface area (Å²) in [7, 11) is 0. The van der Waals surface area contributed by atoms with Crippen LogP contribution in [0.1, 0.15) is 58.3 Å². The average molecular weight is 282 g/mol. The second-order valence-corrected chi connectivity index (χ2v) is 6.68. The maximum Gasteiger partial charge on any atom is 0.234 e. The molecule has 2 aliphatic rings. The van der Waals surface area contributed by atoms with Crippen molar-refractivity contribution in [2.45, 2.75) is 70.4 Å². The number of carbonyl (C=O) groups excluding carboxylic acids is 1. The van der Waals surface area contributed by atoms with Gasteiger partial charge in [0.15, 0.2) is 0 Å². The van der Waals surface area contributed by atoms with Crippen molar-refractivity contribution in [2.75, 3.05) is 19.6 Å². The summed E-state index contributed by atoms with van der Waals surface area (Å²) in [6.45, 7) is 4.09. The Morgan fingerprint density at radius 3 is 2.45 bits per heavy atom. The number of aliphatic hydroxyl groups is 1. The third kappa shape index (κ3) is 5.06. The Hall–Kier alpha value is -0.610. The molecule has 1 amide bonds. The maximum absolute atomic E-state index is 12.1. The van der Waals surface area contributed by atoms with Gasteiger partial charge < -0.3 is 10.4 Å². The standard InChI is InChI=1S/C16H30N2O2/c1-13-9-10-18(11-15(13)19)12-16(20)17-14-7-5-3-2-4-6-8-14/h13-15,19H,2-12H2,1H3,(H,17,20). The van der Waals surface area contributed by atoms with Gasteiger partial charge in [0.2, 0.25) is 5.91 Å². The van der Waals surface area contributed by atoms with Gasteiger partial charge in [0.25, 0.3) is 0 Å². The van der Waals surface area contributed by atoms with E-state index in [9.17, 15) is 9.90 Å². The Labute approximate surface area is 122 Å². The molecule has 0 radical (unpaired) electrons. The van der Waals surface area contributed by atoms with Crippen LogP contribution in [-0.2, 0) is 4.79 Å². The Morgan fingerprint density at radius 2 is 1.80 bits per heavy atom. The summed E-state index contributed by atoms with van der Waals surface area (Å²) in [5.74, 6) is 0.497. The molecule has 0 aromatic rings. The Kier molecular flexibility index (Phi) is 6.30. The van der Waals surface area contributed by atoms with Crippen LogP contribution in [-0.4, -0.2) is 47.7 Å². The van der Waals surface area contributed by atoms with Gasteiger partial charge in [-0.2, -0.15) is 0 Å². The van der Waals surface area contributed by atoms with Crippen molar-refractivity contribution in [3.63, 3.8) is 0 Å². The molecule has 1 saturated carbocycles. The Bertz CT molecular complexity index is 292. The summed E-state index contributed by atoms with van der Waals surface area (Å²) >= 11 is 0. The molecule has 0 spiro atoms. The molecule has 2 N–H and O–H groups in total. The van der Waals surface area contributed by atoms with Gasteiger partial charge in [-0.05, 0) is 31.7 Å². The smallest absolute Gasteiger partial charge is 0.234 e. The lowest BCUT2D eigenvalue weighted by Crippen LogP contribution is -2.48. The van der Waals surface area contributed by atoms with E-state index in [1.165, 1.54) is 32.1 Å². The van der Waals surface area contributed by atoms with Crippen molar-refractivity contribution in [2.24, 2.45) is 5.92 Å². The molecule has 4 heteroatoms. The minimum Gasteiger partial charge on any atom is -0.392 e. The predicted octanol–water partition coefficient (Wildman–Crippen LogP) is 1.92. The zero-order valence-electron chi connectivity index (χ0n) is 12.8. The van der Waals surface area contributed by atoms with E-state index in [0.29, 0.717) is 25.0 Å². The van der Waals surface area contributed by atoms with Crippen LogP contribution in [0.15, 0.2) is 0 Å². The van der Waals surface area contributed by atoms with Crippen LogP contribution in [0.3, 0.4) is 0 Å². The van der Waals surface area contributed by atoms with Crippen molar-refractivity contribution < 1.29 is 9.90 Å². The van der Waals surface area contributed by atoms with Gasteiger partial charge in [-0.25, -0.2) is 0 Å². The van der Waals surface area contributed by atoms with Crippen LogP contribution in [0.5, 0.6) is 0 Å². The number of nitrogens with one attached hydrogen (secondary N) is 1. The first-order chi connectivity index (χ1) is 9.65. The van der Waals surface area contributed by atoms with Crippen molar-refractivity contribution in [3.8, 4) is 0 Å². The molecule has 1 aliphatic carbocycles. The number of aliphatic hydroxyl groups excluding tert-OH is 1. The first-order valence-electron chi connectivity index (χ1n) is 8.35. The molecule has 0 aromatic heterocycles. The van der Waals surface area contributed by atoms with Crippen LogP contribution in [0.4, 0.5) is 0 Å². The van der Waals surface area contributed by atoms with E-state index in [-0.39, 0.29) is 12.0 Å². The monoisotopic (exact) mass is 282 g/mol. The first-order valence-corrected chi connectivity index (χ1v) is 8.35. The van der Waals surface area contributed by atoms with Gasteiger partial charge in [-0.1, -0.05) is 39.0 Å². The fourth-order valence-electron chi connectivity index (χ4n) is 3.33. The predicted molar refractivity (Wildman–Crippen MR) is 80.5 cm³/mol. The van der Waals surface area contributed by atoms with Crippen molar-refractivity contribution in [1.82, 2.24) is 10.2 Å². The summed E-state index contributed by atoms with van der Waals surface area (Å²) in [6.07, 6.45) is 9.41. The van der Waals surface area contributed by atoms with Gasteiger partial charge in [-0.3, -0.25) is 9.69 Å². The van der Waals surface area contributed by atoms with Crippen molar-refractivity contribution in [1.29, 1.82) is 0 Å². The minimum atomic E-state index is -0.280. The summed E-state index contributed by atoms with van der Waals surface area (Å²) in [6, 6.07) is 0.372. The molecule has 116 valence electrons. The topological polar surface area (TPSA) is 52.6 Å². The van der Waals surface area contributed by atoms with Crippen molar-refractivity contribution in [3.05, 3.63) is 0 Å². The summed E-state index contributed by atoms with van der Waals surface area (Å²) in [5.41, 5.74) is 0. The molecule has 20 heavy (non-hydrogen) atoms. The lowest BCUT2D eigenvalue weighted by atomic mass is 9.96. The number of likely N-dealkylation sites (tertiary alicyclic amines) is 1. The Morgan fingerprint density at radius 1 is 1.15 bits per heavy atom. The fraction of sp³-hybridized carbons (Fsp3) is 0.938. The van der Waals surface area contributed by atoms with Crippen LogP contribution in [0.25, 0.3) is 0 Å². The van der Waals surface area contributed by atoms with E-state index in [1.54, 1.807) is 0 Å². The Balaban J connectivity index is 1.71. The van der Waals surface area contributed by atoms with E-state index in [1.807, 2.05) is 0 Å². The van der Waals surface area contributed by atoms with E-state index >= 15 is 0 Å². The molecule has 2 rings (SSSR count). The van der Waals surface area contributed by atoms with Crippen LogP contribution in [0.2, 0.25) is 0 Å². The highest BCUT2D eigenvalue weighted by atomic mass is 16.3. The number of β-amino-alcohol motifs (C(OH)–C–C–N with tert-alkyl or cyclic N) is 1. The molecule has 0 aromatic carbocycles. The number of nitrogens with zero attached hydrogens (tertiary/aromatic N) is 1. The third-order valence-electron chi connectivity index (χ3n) is 4.84. The number of hydrogen-bond donors (Lipinski definition) is 2. The van der Waals surface area contributed by atoms with Crippen LogP contribution in [0, 0.1) is 5.92 Å². The summed E-state index contributed by atoms with van der Waals surface area (Å²) in [5, 5.41) is 13.1. The number of rotatable bonds is 3. The van der Waals surface area contributed by atoms with Gasteiger partial charge in [0.1, 0.15) is 0 Å². The highest BCUT2D eigenvalue weighted by Crippen LogP contribution is 2.18. The molecular weight excluding hydrogens is 252 g/mol. The normalized spacial score (nSPS) is 30.5. The molecule has 1 saturated heterocycles. The molecule has 2 fully saturated rings. The lowest BCUT2D eigenvalue weighted by molar-refractivity contribution is -0.124. The highest BCUT2D eigenvalue weighted by molar-refractivity contribution is 5.78. The number of amides is 1. The van der Waals surface area contributed by atoms with E-state index in [4.69, 9.17) is 0 Å². The lowest BCUT2D eigenvalue weighted by Gasteiger charge is -2.34.